The molecule has 0 aliphatic carbocycles. The van der Waals surface area contributed by atoms with Crippen LogP contribution in [0.1, 0.15) is 226 Å². The number of rotatable bonds is 41. The maximum Gasteiger partial charge on any atom is 0.322 e. The summed E-state index contributed by atoms with van der Waals surface area (Å²) in [7, 11) is 0. The Hall–Kier alpha value is -2.63. The van der Waals surface area contributed by atoms with E-state index >= 15 is 0 Å². The summed E-state index contributed by atoms with van der Waals surface area (Å²) < 4.78 is 5.95. The summed E-state index contributed by atoms with van der Waals surface area (Å²) in [4.78, 5) is 34.9. The summed E-state index contributed by atoms with van der Waals surface area (Å²) in [5, 5.41) is 11.1. The summed E-state index contributed by atoms with van der Waals surface area (Å²) in [6, 6.07) is 0. The number of unbranched alkanes of at least 4 members (excludes halogenated alkanes) is 24. The molecule has 0 fully saturated rings. The van der Waals surface area contributed by atoms with Crippen LogP contribution in [-0.2, 0) is 19.1 Å². The number of allylic oxidation sites excluding steroid dienone is 7. The third kappa shape index (κ3) is 42.1. The molecule has 0 rings (SSSR count). The van der Waals surface area contributed by atoms with Gasteiger partial charge in [0.2, 0.25) is 5.91 Å². The fraction of sp³-hybridized carbons (Fsp3) is 0.771. The first-order chi connectivity index (χ1) is 26.5. The van der Waals surface area contributed by atoms with Crippen molar-refractivity contribution >= 4 is 17.8 Å². The van der Waals surface area contributed by atoms with E-state index in [1.54, 1.807) is 0 Å². The fourth-order valence-corrected chi connectivity index (χ4v) is 6.55. The molecule has 1 atom stereocenters. The summed E-state index contributed by atoms with van der Waals surface area (Å²) >= 11 is 0. The molecule has 0 saturated carbocycles. The minimum Gasteiger partial charge on any atom is -0.480 e. The molecular weight excluding hydrogens is 671 g/mol. The highest BCUT2D eigenvalue weighted by Gasteiger charge is 2.12. The highest BCUT2D eigenvalue weighted by Crippen LogP contribution is 2.16. The Morgan fingerprint density at radius 2 is 0.907 bits per heavy atom. The Morgan fingerprint density at radius 3 is 1.41 bits per heavy atom. The quantitative estimate of drug-likeness (QED) is 0.0368. The van der Waals surface area contributed by atoms with Crippen molar-refractivity contribution in [2.45, 2.75) is 232 Å². The number of hydrogen-bond donors (Lipinski definition) is 2. The lowest BCUT2D eigenvalue weighted by atomic mass is 10.0. The van der Waals surface area contributed by atoms with Gasteiger partial charge >= 0.3 is 11.9 Å². The van der Waals surface area contributed by atoms with Gasteiger partial charge in [-0.05, 0) is 83.1 Å². The molecule has 6 nitrogen and oxygen atoms in total. The molecule has 0 aromatic rings. The van der Waals surface area contributed by atoms with Crippen molar-refractivity contribution in [2.24, 2.45) is 0 Å². The van der Waals surface area contributed by atoms with Gasteiger partial charge in [0.15, 0.2) is 0 Å². The minimum atomic E-state index is -1.02. The van der Waals surface area contributed by atoms with E-state index in [-0.39, 0.29) is 24.5 Å². The number of carbonyl (C=O) groups excluding carboxylic acids is 2. The normalized spacial score (nSPS) is 12.5. The van der Waals surface area contributed by atoms with Gasteiger partial charge in [-0.1, -0.05) is 178 Å². The summed E-state index contributed by atoms with van der Waals surface area (Å²) in [6.45, 7) is 4.20. The Kier molecular flexibility index (Phi) is 41.0. The van der Waals surface area contributed by atoms with E-state index in [0.29, 0.717) is 12.8 Å². The van der Waals surface area contributed by atoms with Crippen molar-refractivity contribution in [1.82, 2.24) is 5.32 Å². The molecule has 6 heteroatoms. The Labute approximate surface area is 333 Å². The summed E-state index contributed by atoms with van der Waals surface area (Å²) in [5.41, 5.74) is 0. The van der Waals surface area contributed by atoms with Gasteiger partial charge in [0.25, 0.3) is 0 Å². The topological polar surface area (TPSA) is 92.7 Å². The van der Waals surface area contributed by atoms with E-state index in [0.717, 1.165) is 77.0 Å². The predicted octanol–water partition coefficient (Wildman–Crippen LogP) is 14.2. The number of esters is 1. The van der Waals surface area contributed by atoms with Crippen molar-refractivity contribution in [3.63, 3.8) is 0 Å². The molecule has 54 heavy (non-hydrogen) atoms. The summed E-state index contributed by atoms with van der Waals surface area (Å²) in [5.74, 6) is -1.27. The van der Waals surface area contributed by atoms with Crippen LogP contribution in [0, 0.1) is 0 Å². The average molecular weight is 756 g/mol. The van der Waals surface area contributed by atoms with Crippen LogP contribution in [0.2, 0.25) is 0 Å². The second kappa shape index (κ2) is 43.1. The van der Waals surface area contributed by atoms with Crippen LogP contribution in [0.15, 0.2) is 48.6 Å². The van der Waals surface area contributed by atoms with Crippen molar-refractivity contribution in [1.29, 1.82) is 0 Å². The molecule has 0 spiro atoms. The van der Waals surface area contributed by atoms with Gasteiger partial charge in [-0.15, -0.1) is 0 Å². The zero-order valence-electron chi connectivity index (χ0n) is 35.3. The zero-order chi connectivity index (χ0) is 39.4. The van der Waals surface area contributed by atoms with Gasteiger partial charge < -0.3 is 15.2 Å². The van der Waals surface area contributed by atoms with Crippen molar-refractivity contribution < 1.29 is 24.2 Å². The maximum absolute atomic E-state index is 12.7. The van der Waals surface area contributed by atoms with E-state index in [1.807, 2.05) is 0 Å². The molecule has 312 valence electrons. The molecule has 0 aromatic carbocycles. The lowest BCUT2D eigenvalue weighted by molar-refractivity contribution is -0.147. The van der Waals surface area contributed by atoms with Crippen molar-refractivity contribution in [3.05, 3.63) is 48.6 Å². The Balaban J connectivity index is 4.02. The van der Waals surface area contributed by atoms with E-state index < -0.39 is 5.97 Å². The molecule has 0 saturated heterocycles. The van der Waals surface area contributed by atoms with Crippen LogP contribution in [0.4, 0.5) is 0 Å². The van der Waals surface area contributed by atoms with E-state index in [4.69, 9.17) is 9.84 Å². The molecular formula is C48H85NO5. The van der Waals surface area contributed by atoms with Crippen molar-refractivity contribution in [2.75, 3.05) is 6.54 Å². The molecule has 0 radical (unpaired) electrons. The number of carbonyl (C=O) groups is 3. The lowest BCUT2D eigenvalue weighted by Crippen LogP contribution is -2.28. The van der Waals surface area contributed by atoms with Crippen LogP contribution >= 0.6 is 0 Å². The van der Waals surface area contributed by atoms with Gasteiger partial charge in [0, 0.05) is 12.8 Å². The number of carboxylic acid groups (broad SMARTS) is 1. The van der Waals surface area contributed by atoms with Gasteiger partial charge in [0.1, 0.15) is 12.6 Å². The SMILES string of the molecule is CCCCCCC/C=C\C/C=C\C/C=C\CCCCCCCCCCC(=O)OC(/C=C\CCCCCCCC)CCCCCCCCC(=O)NCC(=O)O. The predicted molar refractivity (Wildman–Crippen MR) is 231 cm³/mol. The van der Waals surface area contributed by atoms with E-state index in [1.165, 1.54) is 122 Å². The number of aliphatic carboxylic acids is 1. The van der Waals surface area contributed by atoms with E-state index in [2.05, 4.69) is 67.8 Å². The highest BCUT2D eigenvalue weighted by atomic mass is 16.5. The van der Waals surface area contributed by atoms with Gasteiger partial charge in [-0.3, -0.25) is 14.4 Å². The molecule has 0 aromatic heterocycles. The number of nitrogens with one attached hydrogen (secondary N) is 1. The van der Waals surface area contributed by atoms with Crippen LogP contribution in [0.5, 0.6) is 0 Å². The lowest BCUT2D eigenvalue weighted by Gasteiger charge is -2.15. The van der Waals surface area contributed by atoms with Crippen LogP contribution in [0.25, 0.3) is 0 Å². The number of hydrogen-bond acceptors (Lipinski definition) is 4. The van der Waals surface area contributed by atoms with Gasteiger partial charge in [-0.25, -0.2) is 0 Å². The molecule has 0 bridgehead atoms. The van der Waals surface area contributed by atoms with Crippen LogP contribution in [0.3, 0.4) is 0 Å². The third-order valence-electron chi connectivity index (χ3n) is 9.96. The number of amides is 1. The third-order valence-corrected chi connectivity index (χ3v) is 9.96. The molecule has 0 aliphatic rings. The standard InChI is InChI=1S/C48H85NO5/c1-3-5-7-9-11-13-14-15-16-17-18-19-20-21-22-23-24-25-26-27-29-35-39-43-48(53)54-45(40-36-32-28-12-10-8-6-4-2)41-37-33-30-31-34-38-42-46(50)49-44-47(51)52/h14-15,17-18,20-21,36,40,45H,3-13,16,19,22-35,37-39,41-44H2,1-2H3,(H,49,50)(H,51,52)/b15-14-,18-17-,21-20-,40-36-. The zero-order valence-corrected chi connectivity index (χ0v) is 35.3. The molecule has 0 heterocycles. The smallest absolute Gasteiger partial charge is 0.322 e. The van der Waals surface area contributed by atoms with E-state index in [9.17, 15) is 14.4 Å². The molecule has 2 N–H and O–H groups in total. The first-order valence-corrected chi connectivity index (χ1v) is 22.8. The number of ether oxygens (including phenoxy) is 1. The second-order valence-electron chi connectivity index (χ2n) is 15.3. The fourth-order valence-electron chi connectivity index (χ4n) is 6.55. The average Bonchev–Trinajstić information content (AvgIpc) is 3.16. The summed E-state index contributed by atoms with van der Waals surface area (Å²) in [6.07, 6.45) is 55.5. The second-order valence-corrected chi connectivity index (χ2v) is 15.3. The van der Waals surface area contributed by atoms with Gasteiger partial charge in [-0.2, -0.15) is 0 Å². The first-order valence-electron chi connectivity index (χ1n) is 22.8. The maximum atomic E-state index is 12.7. The molecule has 0 aliphatic heterocycles. The largest absolute Gasteiger partial charge is 0.480 e. The minimum absolute atomic E-state index is 0.0609. The Morgan fingerprint density at radius 1 is 0.500 bits per heavy atom. The monoisotopic (exact) mass is 756 g/mol. The highest BCUT2D eigenvalue weighted by molar-refractivity contribution is 5.80. The Bertz CT molecular complexity index is 968. The first kappa shape index (κ1) is 51.4. The molecule has 1 unspecified atom stereocenters. The number of carboxylic acids is 1. The van der Waals surface area contributed by atoms with Gasteiger partial charge in [0.05, 0.1) is 0 Å². The molecule has 1 amide bonds. The van der Waals surface area contributed by atoms with Crippen LogP contribution in [-0.4, -0.2) is 35.6 Å². The van der Waals surface area contributed by atoms with Crippen LogP contribution < -0.4 is 5.32 Å². The van der Waals surface area contributed by atoms with Crippen molar-refractivity contribution in [3.8, 4) is 0 Å².